The Bertz CT molecular complexity index is 568. The maximum absolute atomic E-state index is 12.2. The number of nitrogens with two attached hydrogens (primary N) is 1. The van der Waals surface area contributed by atoms with E-state index in [4.69, 9.17) is 5.73 Å². The van der Waals surface area contributed by atoms with Crippen molar-refractivity contribution in [3.05, 3.63) is 52.0 Å². The molecule has 0 bridgehead atoms. The van der Waals surface area contributed by atoms with Gasteiger partial charge in [0.15, 0.2) is 0 Å². The number of rotatable bonds is 5. The lowest BCUT2D eigenvalue weighted by atomic mass is 10.1. The number of nitrogens with zero attached hydrogens (tertiary/aromatic N) is 2. The largest absolute Gasteiger partial charge is 0.339 e. The lowest BCUT2D eigenvalue weighted by Gasteiger charge is -2.20. The Labute approximate surface area is 123 Å². The smallest absolute Gasteiger partial charge is 0.239 e. The van der Waals surface area contributed by atoms with Crippen molar-refractivity contribution in [1.29, 1.82) is 0 Å². The minimum absolute atomic E-state index is 0.0418. The van der Waals surface area contributed by atoms with E-state index < -0.39 is 6.04 Å². The molecule has 0 fully saturated rings. The number of carbonyl (C=O) groups excluding carboxylic acids is 1. The molecule has 106 valence electrons. The average Bonchev–Trinajstić information content (AvgIpc) is 2.84. The molecule has 1 heterocycles. The van der Waals surface area contributed by atoms with Gasteiger partial charge in [0, 0.05) is 18.1 Å². The van der Waals surface area contributed by atoms with E-state index in [1.165, 1.54) is 0 Å². The second-order valence-corrected chi connectivity index (χ2v) is 6.16. The van der Waals surface area contributed by atoms with Crippen molar-refractivity contribution >= 4 is 17.2 Å². The van der Waals surface area contributed by atoms with Gasteiger partial charge in [-0.2, -0.15) is 0 Å². The molecule has 0 spiro atoms. The van der Waals surface area contributed by atoms with Crippen LogP contribution in [0.3, 0.4) is 0 Å². The highest BCUT2D eigenvalue weighted by Crippen LogP contribution is 2.14. The van der Waals surface area contributed by atoms with Crippen LogP contribution in [-0.4, -0.2) is 28.9 Å². The van der Waals surface area contributed by atoms with Gasteiger partial charge in [-0.1, -0.05) is 30.3 Å². The first-order valence-electron chi connectivity index (χ1n) is 6.52. The fraction of sp³-hybridized carbons (Fsp3) is 0.333. The molecule has 2 N–H and O–H groups in total. The summed E-state index contributed by atoms with van der Waals surface area (Å²) >= 11 is 1.60. The molecule has 0 unspecified atom stereocenters. The van der Waals surface area contributed by atoms with E-state index in [1.807, 2.05) is 43.5 Å². The summed E-state index contributed by atoms with van der Waals surface area (Å²) in [5.41, 5.74) is 7.08. The van der Waals surface area contributed by atoms with Crippen LogP contribution in [0.2, 0.25) is 0 Å². The normalized spacial score (nSPS) is 12.2. The molecule has 1 amide bonds. The second kappa shape index (κ2) is 6.63. The molecule has 0 saturated heterocycles. The summed E-state index contributed by atoms with van der Waals surface area (Å²) < 4.78 is 0. The number of carbonyl (C=O) groups is 1. The minimum atomic E-state index is -0.503. The Morgan fingerprint density at radius 3 is 2.70 bits per heavy atom. The van der Waals surface area contributed by atoms with Crippen LogP contribution < -0.4 is 5.73 Å². The predicted octanol–water partition coefficient (Wildman–Crippen LogP) is 1.98. The Balaban J connectivity index is 1.92. The van der Waals surface area contributed by atoms with Gasteiger partial charge in [0.1, 0.15) is 0 Å². The van der Waals surface area contributed by atoms with Crippen molar-refractivity contribution in [2.45, 2.75) is 25.9 Å². The maximum atomic E-state index is 12.2. The molecule has 2 aromatic rings. The van der Waals surface area contributed by atoms with Crippen LogP contribution in [0, 0.1) is 6.92 Å². The lowest BCUT2D eigenvalue weighted by Crippen LogP contribution is -2.42. The summed E-state index contributed by atoms with van der Waals surface area (Å²) in [7, 11) is 1.78. The molecule has 2 rings (SSSR count). The van der Waals surface area contributed by atoms with Gasteiger partial charge in [-0.3, -0.25) is 4.79 Å². The molecule has 0 saturated carbocycles. The van der Waals surface area contributed by atoms with Crippen LogP contribution in [-0.2, 0) is 17.8 Å². The van der Waals surface area contributed by atoms with E-state index >= 15 is 0 Å². The number of likely N-dealkylation sites (N-methyl/N-ethyl adjacent to an activating group) is 1. The third kappa shape index (κ3) is 3.88. The fourth-order valence-electron chi connectivity index (χ4n) is 2.03. The molecule has 1 atom stereocenters. The van der Waals surface area contributed by atoms with Gasteiger partial charge in [-0.25, -0.2) is 4.98 Å². The van der Waals surface area contributed by atoms with Gasteiger partial charge in [-0.15, -0.1) is 11.3 Å². The van der Waals surface area contributed by atoms with Crippen molar-refractivity contribution in [3.8, 4) is 0 Å². The highest BCUT2D eigenvalue weighted by atomic mass is 32.1. The quantitative estimate of drug-likeness (QED) is 0.915. The maximum Gasteiger partial charge on any atom is 0.239 e. The molecule has 1 aromatic carbocycles. The van der Waals surface area contributed by atoms with E-state index in [0.29, 0.717) is 13.0 Å². The first-order valence-corrected chi connectivity index (χ1v) is 7.33. The van der Waals surface area contributed by atoms with Gasteiger partial charge in [0.25, 0.3) is 0 Å². The molecule has 0 radical (unpaired) electrons. The highest BCUT2D eigenvalue weighted by Gasteiger charge is 2.19. The summed E-state index contributed by atoms with van der Waals surface area (Å²) in [6.45, 7) is 2.52. The Morgan fingerprint density at radius 2 is 2.10 bits per heavy atom. The molecule has 0 aliphatic rings. The van der Waals surface area contributed by atoms with Gasteiger partial charge >= 0.3 is 0 Å². The van der Waals surface area contributed by atoms with Crippen molar-refractivity contribution in [2.75, 3.05) is 7.05 Å². The van der Waals surface area contributed by atoms with Crippen molar-refractivity contribution in [2.24, 2.45) is 5.73 Å². The molecular weight excluding hydrogens is 270 g/mol. The lowest BCUT2D eigenvalue weighted by molar-refractivity contribution is -0.131. The fourth-order valence-corrected chi connectivity index (χ4v) is 2.88. The number of hydrogen-bond acceptors (Lipinski definition) is 4. The first-order chi connectivity index (χ1) is 9.56. The van der Waals surface area contributed by atoms with E-state index in [2.05, 4.69) is 4.98 Å². The van der Waals surface area contributed by atoms with Crippen molar-refractivity contribution in [1.82, 2.24) is 9.88 Å². The standard InChI is InChI=1S/C15H19N3OS/c1-11-17-9-13(20-11)10-18(2)15(19)14(16)8-12-6-4-3-5-7-12/h3-7,9,14H,8,10,16H2,1-2H3/t14-/m0/s1. The summed E-state index contributed by atoms with van der Waals surface area (Å²) in [4.78, 5) is 19.2. The van der Waals surface area contributed by atoms with Gasteiger partial charge in [-0.05, 0) is 18.9 Å². The van der Waals surface area contributed by atoms with Crippen LogP contribution in [0.4, 0.5) is 0 Å². The van der Waals surface area contributed by atoms with E-state index in [1.54, 1.807) is 23.3 Å². The zero-order chi connectivity index (χ0) is 14.5. The summed E-state index contributed by atoms with van der Waals surface area (Å²) in [6, 6.07) is 9.33. The molecule has 0 aliphatic carbocycles. The minimum Gasteiger partial charge on any atom is -0.339 e. The summed E-state index contributed by atoms with van der Waals surface area (Å²) in [5, 5.41) is 1.01. The Kier molecular flexibility index (Phi) is 4.87. The van der Waals surface area contributed by atoms with Crippen LogP contribution in [0.25, 0.3) is 0 Å². The Hall–Kier alpha value is -1.72. The highest BCUT2D eigenvalue weighted by molar-refractivity contribution is 7.11. The third-order valence-corrected chi connectivity index (χ3v) is 3.95. The summed E-state index contributed by atoms with van der Waals surface area (Å²) in [6.07, 6.45) is 2.37. The Morgan fingerprint density at radius 1 is 1.40 bits per heavy atom. The van der Waals surface area contributed by atoms with E-state index in [-0.39, 0.29) is 5.91 Å². The van der Waals surface area contributed by atoms with E-state index in [9.17, 15) is 4.79 Å². The number of benzene rings is 1. The topological polar surface area (TPSA) is 59.2 Å². The van der Waals surface area contributed by atoms with E-state index in [0.717, 1.165) is 15.4 Å². The van der Waals surface area contributed by atoms with Gasteiger partial charge in [0.05, 0.1) is 17.6 Å². The first kappa shape index (κ1) is 14.7. The van der Waals surface area contributed by atoms with Gasteiger partial charge in [0.2, 0.25) is 5.91 Å². The van der Waals surface area contributed by atoms with Crippen LogP contribution in [0.5, 0.6) is 0 Å². The molecule has 5 heteroatoms. The molecule has 1 aromatic heterocycles. The van der Waals surface area contributed by atoms with Crippen molar-refractivity contribution < 1.29 is 4.79 Å². The number of aromatic nitrogens is 1. The molecule has 4 nitrogen and oxygen atoms in total. The molecule has 0 aliphatic heterocycles. The zero-order valence-electron chi connectivity index (χ0n) is 11.7. The molecular formula is C15H19N3OS. The number of hydrogen-bond donors (Lipinski definition) is 1. The van der Waals surface area contributed by atoms with Crippen LogP contribution in [0.15, 0.2) is 36.5 Å². The third-order valence-electron chi connectivity index (χ3n) is 3.05. The van der Waals surface area contributed by atoms with Gasteiger partial charge < -0.3 is 10.6 Å². The summed E-state index contributed by atoms with van der Waals surface area (Å²) in [5.74, 6) is -0.0418. The monoisotopic (exact) mass is 289 g/mol. The predicted molar refractivity (Wildman–Crippen MR) is 81.4 cm³/mol. The zero-order valence-corrected chi connectivity index (χ0v) is 12.6. The van der Waals surface area contributed by atoms with Crippen LogP contribution in [0.1, 0.15) is 15.4 Å². The number of aryl methyl sites for hydroxylation is 1. The number of thiazole rings is 1. The average molecular weight is 289 g/mol. The van der Waals surface area contributed by atoms with Crippen LogP contribution >= 0.6 is 11.3 Å². The molecule has 20 heavy (non-hydrogen) atoms. The number of amides is 1. The SMILES string of the molecule is Cc1ncc(CN(C)C(=O)[C@@H](N)Cc2ccccc2)s1. The van der Waals surface area contributed by atoms with Crippen molar-refractivity contribution in [3.63, 3.8) is 0 Å². The second-order valence-electron chi connectivity index (χ2n) is 4.84.